The number of rotatable bonds is 5. The summed E-state index contributed by atoms with van der Waals surface area (Å²) >= 11 is 0. The number of methoxy groups -OCH3 is 1. The van der Waals surface area contributed by atoms with E-state index in [1.54, 1.807) is 13.3 Å². The van der Waals surface area contributed by atoms with Gasteiger partial charge in [-0.2, -0.15) is 4.98 Å². The molecule has 0 amide bonds. The third-order valence-electron chi connectivity index (χ3n) is 5.12. The third-order valence-corrected chi connectivity index (χ3v) is 5.12. The first-order valence-corrected chi connectivity index (χ1v) is 9.98. The molecule has 160 valence electrons. The minimum Gasteiger partial charge on any atom is -0.483 e. The van der Waals surface area contributed by atoms with Crippen molar-refractivity contribution in [3.63, 3.8) is 0 Å². The Morgan fingerprint density at radius 2 is 1.97 bits per heavy atom. The van der Waals surface area contributed by atoms with Gasteiger partial charge in [-0.15, -0.1) is 0 Å². The van der Waals surface area contributed by atoms with Crippen LogP contribution in [0.5, 0.6) is 0 Å². The number of piperidine rings is 1. The molecule has 0 aliphatic carbocycles. The highest BCUT2D eigenvalue weighted by Gasteiger charge is 2.20. The summed E-state index contributed by atoms with van der Waals surface area (Å²) in [7, 11) is 1.78. The van der Waals surface area contributed by atoms with Crippen LogP contribution in [0.1, 0.15) is 32.7 Å². The van der Waals surface area contributed by atoms with Gasteiger partial charge in [0.25, 0.3) is 6.47 Å². The fourth-order valence-electron chi connectivity index (χ4n) is 3.56. The number of anilines is 3. The summed E-state index contributed by atoms with van der Waals surface area (Å²) in [6, 6.07) is 6.44. The van der Waals surface area contributed by atoms with Crippen molar-refractivity contribution in [2.24, 2.45) is 0 Å². The van der Waals surface area contributed by atoms with E-state index in [0.29, 0.717) is 12.1 Å². The second kappa shape index (κ2) is 10.0. The number of nitrogens with one attached hydrogen (secondary N) is 1. The lowest BCUT2D eigenvalue weighted by Gasteiger charge is -2.31. The summed E-state index contributed by atoms with van der Waals surface area (Å²) in [6.07, 6.45) is 8.14. The number of ether oxygens (including phenoxy) is 1. The number of pyridine rings is 1. The standard InChI is InChI=1S/C20H26N6O.CH2O2/c1-14(2)26-11-5-15-13-22-19(12-17(15)26)23-18-4-8-21-20(24-18)25-9-6-16(27-3)7-10-25;2-1-3/h4-5,8,11-14,16H,6-7,9-10H2,1-3H3,(H,21,22,23,24);1H,(H,2,3). The minimum absolute atomic E-state index is 0.250. The van der Waals surface area contributed by atoms with E-state index >= 15 is 0 Å². The Hall–Kier alpha value is -3.20. The van der Waals surface area contributed by atoms with E-state index in [4.69, 9.17) is 14.6 Å². The highest BCUT2D eigenvalue weighted by Crippen LogP contribution is 2.24. The smallest absolute Gasteiger partial charge is 0.290 e. The fraction of sp³-hybridized carbons (Fsp3) is 0.429. The van der Waals surface area contributed by atoms with Crippen LogP contribution in [-0.4, -0.2) is 57.4 Å². The van der Waals surface area contributed by atoms with E-state index in [0.717, 1.165) is 48.9 Å². The van der Waals surface area contributed by atoms with E-state index in [1.165, 1.54) is 5.52 Å². The molecule has 3 aromatic heterocycles. The lowest BCUT2D eigenvalue weighted by Crippen LogP contribution is -2.37. The molecule has 0 bridgehead atoms. The molecule has 0 spiro atoms. The second-order valence-electron chi connectivity index (χ2n) is 7.34. The van der Waals surface area contributed by atoms with Crippen LogP contribution in [0.3, 0.4) is 0 Å². The Labute approximate surface area is 175 Å². The third kappa shape index (κ3) is 5.04. The van der Waals surface area contributed by atoms with E-state index in [2.05, 4.69) is 61.9 Å². The normalized spacial score (nSPS) is 14.5. The Morgan fingerprint density at radius 3 is 2.63 bits per heavy atom. The van der Waals surface area contributed by atoms with Gasteiger partial charge < -0.3 is 24.6 Å². The predicted octanol–water partition coefficient (Wildman–Crippen LogP) is 3.47. The molecule has 9 heteroatoms. The minimum atomic E-state index is -0.250. The first-order valence-electron chi connectivity index (χ1n) is 9.98. The molecule has 0 saturated carbocycles. The number of fused-ring (bicyclic) bond motifs is 1. The molecule has 0 aromatic carbocycles. The van der Waals surface area contributed by atoms with Gasteiger partial charge in [0.1, 0.15) is 11.6 Å². The highest BCUT2D eigenvalue weighted by molar-refractivity contribution is 5.82. The molecule has 30 heavy (non-hydrogen) atoms. The molecule has 3 aromatic rings. The number of hydrogen-bond acceptors (Lipinski definition) is 7. The molecular weight excluding hydrogens is 384 g/mol. The van der Waals surface area contributed by atoms with Crippen molar-refractivity contribution in [2.75, 3.05) is 30.4 Å². The van der Waals surface area contributed by atoms with Gasteiger partial charge in [0.05, 0.1) is 11.6 Å². The van der Waals surface area contributed by atoms with Crippen molar-refractivity contribution in [1.29, 1.82) is 0 Å². The van der Waals surface area contributed by atoms with E-state index in [1.807, 2.05) is 12.3 Å². The molecule has 1 aliphatic rings. The summed E-state index contributed by atoms with van der Waals surface area (Å²) < 4.78 is 7.69. The van der Waals surface area contributed by atoms with Crippen molar-refractivity contribution in [3.05, 3.63) is 36.8 Å². The van der Waals surface area contributed by atoms with Crippen molar-refractivity contribution in [3.8, 4) is 0 Å². The number of hydrogen-bond donors (Lipinski definition) is 2. The van der Waals surface area contributed by atoms with Crippen LogP contribution in [0.15, 0.2) is 36.8 Å². The number of carboxylic acid groups (broad SMARTS) is 1. The van der Waals surface area contributed by atoms with Gasteiger partial charge in [-0.05, 0) is 38.8 Å². The van der Waals surface area contributed by atoms with Gasteiger partial charge >= 0.3 is 0 Å². The largest absolute Gasteiger partial charge is 0.483 e. The SMILES string of the molecule is COC1CCN(c2nccc(Nc3cc4c(ccn4C(C)C)cn3)n2)CC1.O=CO. The van der Waals surface area contributed by atoms with Crippen molar-refractivity contribution in [1.82, 2.24) is 19.5 Å². The zero-order valence-corrected chi connectivity index (χ0v) is 17.5. The van der Waals surface area contributed by atoms with Gasteiger partial charge in [0.15, 0.2) is 0 Å². The number of carbonyl (C=O) groups is 1. The molecular formula is C21H28N6O3. The summed E-state index contributed by atoms with van der Waals surface area (Å²) in [5.74, 6) is 2.29. The molecule has 0 radical (unpaired) electrons. The van der Waals surface area contributed by atoms with Crippen LogP contribution in [0, 0.1) is 0 Å². The number of nitrogens with zero attached hydrogens (tertiary/aromatic N) is 5. The molecule has 4 heterocycles. The van der Waals surface area contributed by atoms with Crippen LogP contribution in [0.2, 0.25) is 0 Å². The lowest BCUT2D eigenvalue weighted by molar-refractivity contribution is -0.122. The first kappa shape index (κ1) is 21.5. The molecule has 1 fully saturated rings. The zero-order valence-electron chi connectivity index (χ0n) is 17.5. The Kier molecular flexibility index (Phi) is 7.18. The monoisotopic (exact) mass is 412 g/mol. The molecule has 1 aliphatic heterocycles. The quantitative estimate of drug-likeness (QED) is 0.614. The molecule has 9 nitrogen and oxygen atoms in total. The molecule has 0 unspecified atom stereocenters. The summed E-state index contributed by atoms with van der Waals surface area (Å²) in [5.41, 5.74) is 1.17. The molecule has 4 rings (SSSR count). The van der Waals surface area contributed by atoms with Crippen LogP contribution in [-0.2, 0) is 9.53 Å². The zero-order chi connectivity index (χ0) is 21.5. The Morgan fingerprint density at radius 1 is 1.23 bits per heavy atom. The maximum absolute atomic E-state index is 8.36. The average Bonchev–Trinajstić information content (AvgIpc) is 3.18. The van der Waals surface area contributed by atoms with Gasteiger partial charge in [0.2, 0.25) is 5.95 Å². The highest BCUT2D eigenvalue weighted by atomic mass is 16.5. The summed E-state index contributed by atoms with van der Waals surface area (Å²) in [5, 5.41) is 11.4. The van der Waals surface area contributed by atoms with Crippen molar-refractivity contribution >= 4 is 35.0 Å². The Balaban J connectivity index is 0.000000806. The van der Waals surface area contributed by atoms with Crippen LogP contribution in [0.4, 0.5) is 17.6 Å². The Bertz CT molecular complexity index is 966. The maximum Gasteiger partial charge on any atom is 0.290 e. The molecule has 1 saturated heterocycles. The molecule has 2 N–H and O–H groups in total. The predicted molar refractivity (Wildman–Crippen MR) is 116 cm³/mol. The van der Waals surface area contributed by atoms with Gasteiger partial charge in [0, 0.05) is 56.3 Å². The fourth-order valence-corrected chi connectivity index (χ4v) is 3.56. The molecule has 0 atom stereocenters. The van der Waals surface area contributed by atoms with Gasteiger partial charge in [-0.25, -0.2) is 9.97 Å². The van der Waals surface area contributed by atoms with Gasteiger partial charge in [-0.1, -0.05) is 0 Å². The number of aromatic nitrogens is 4. The van der Waals surface area contributed by atoms with E-state index < -0.39 is 0 Å². The average molecular weight is 412 g/mol. The van der Waals surface area contributed by atoms with Crippen LogP contribution < -0.4 is 10.2 Å². The van der Waals surface area contributed by atoms with Crippen molar-refractivity contribution in [2.45, 2.75) is 38.8 Å². The lowest BCUT2D eigenvalue weighted by atomic mass is 10.1. The van der Waals surface area contributed by atoms with Crippen LogP contribution in [0.25, 0.3) is 10.9 Å². The van der Waals surface area contributed by atoms with E-state index in [-0.39, 0.29) is 6.47 Å². The van der Waals surface area contributed by atoms with Crippen LogP contribution >= 0.6 is 0 Å². The van der Waals surface area contributed by atoms with Crippen molar-refractivity contribution < 1.29 is 14.6 Å². The van der Waals surface area contributed by atoms with Gasteiger partial charge in [-0.3, -0.25) is 4.79 Å². The first-order chi connectivity index (χ1) is 14.5. The summed E-state index contributed by atoms with van der Waals surface area (Å²) in [4.78, 5) is 24.2. The van der Waals surface area contributed by atoms with E-state index in [9.17, 15) is 0 Å². The second-order valence-corrected chi connectivity index (χ2v) is 7.34. The maximum atomic E-state index is 8.36. The topological polar surface area (TPSA) is 105 Å². The summed E-state index contributed by atoms with van der Waals surface area (Å²) in [6.45, 7) is 5.93.